The third kappa shape index (κ3) is 6.92. The maximum atomic E-state index is 12.2. The van der Waals surface area contributed by atoms with E-state index in [4.69, 9.17) is 9.40 Å². The number of para-hydroxylation sites is 2. The van der Waals surface area contributed by atoms with Gasteiger partial charge in [0.05, 0.1) is 11.3 Å². The van der Waals surface area contributed by atoms with E-state index in [1.165, 1.54) is 38.9 Å². The van der Waals surface area contributed by atoms with E-state index >= 15 is 0 Å². The van der Waals surface area contributed by atoms with Crippen LogP contribution in [0.2, 0.25) is 0 Å². The predicted octanol–water partition coefficient (Wildman–Crippen LogP) is 13.7. The van der Waals surface area contributed by atoms with E-state index in [0.717, 1.165) is 64.8 Å². The van der Waals surface area contributed by atoms with E-state index in [1.54, 1.807) is 0 Å². The molecule has 0 amide bonds. The van der Waals surface area contributed by atoms with E-state index in [9.17, 15) is 9.90 Å². The normalized spacial score (nSPS) is 13.8. The molecule has 4 nitrogen and oxygen atoms in total. The van der Waals surface area contributed by atoms with Gasteiger partial charge in [-0.15, -0.1) is 29.3 Å². The molecule has 0 saturated carbocycles. The number of benzene rings is 4. The van der Waals surface area contributed by atoms with E-state index in [0.29, 0.717) is 5.92 Å². The molecule has 279 valence electrons. The summed E-state index contributed by atoms with van der Waals surface area (Å²) in [5.74, 6) is 1.70. The Morgan fingerprint density at radius 1 is 0.849 bits per heavy atom. The molecule has 0 aliphatic heterocycles. The van der Waals surface area contributed by atoms with Gasteiger partial charge in [0, 0.05) is 58.8 Å². The number of hydrogen-bond acceptors (Lipinski definition) is 4. The quantitative estimate of drug-likeness (QED) is 0.0680. The Bertz CT molecular complexity index is 2320. The van der Waals surface area contributed by atoms with Gasteiger partial charge < -0.3 is 9.52 Å². The first-order valence-electron chi connectivity index (χ1n) is 19.1. The third-order valence-electron chi connectivity index (χ3n) is 12.3. The van der Waals surface area contributed by atoms with Crippen molar-refractivity contribution in [2.24, 2.45) is 10.8 Å². The number of furan rings is 1. The maximum absolute atomic E-state index is 12.2. The fourth-order valence-corrected chi connectivity index (χ4v) is 7.62. The second kappa shape index (κ2) is 15.4. The second-order valence-electron chi connectivity index (χ2n) is 15.9. The average molecular weight is 885 g/mol. The molecule has 0 saturated heterocycles. The Kier molecular flexibility index (Phi) is 11.6. The van der Waals surface area contributed by atoms with Gasteiger partial charge in [-0.1, -0.05) is 129 Å². The first kappa shape index (κ1) is 40.1. The first-order chi connectivity index (χ1) is 24.7. The van der Waals surface area contributed by atoms with Gasteiger partial charge in [-0.3, -0.25) is 9.78 Å². The third-order valence-corrected chi connectivity index (χ3v) is 12.3. The van der Waals surface area contributed by atoms with Gasteiger partial charge >= 0.3 is 0 Å². The molecule has 0 bridgehead atoms. The number of nitrogens with zero attached hydrogens (tertiary/aromatic N) is 1. The van der Waals surface area contributed by atoms with E-state index in [-0.39, 0.29) is 47.9 Å². The van der Waals surface area contributed by atoms with Crippen molar-refractivity contribution < 1.29 is 34.4 Å². The van der Waals surface area contributed by atoms with Gasteiger partial charge in [0.25, 0.3) is 0 Å². The molecule has 0 spiro atoms. The Morgan fingerprint density at radius 2 is 1.47 bits per heavy atom. The molecule has 0 atom stereocenters. The average Bonchev–Trinajstić information content (AvgIpc) is 3.66. The molecule has 53 heavy (non-hydrogen) atoms. The number of aromatic nitrogens is 1. The van der Waals surface area contributed by atoms with Crippen molar-refractivity contribution >= 4 is 38.4 Å². The van der Waals surface area contributed by atoms with E-state index < -0.39 is 0 Å². The number of aliphatic hydroxyl groups is 1. The fourth-order valence-electron chi connectivity index (χ4n) is 7.62. The number of pyridine rings is 1. The molecule has 2 heterocycles. The fraction of sp³-hybridized carbons (Fsp3) is 0.375. The largest absolute Gasteiger partial charge is 0.512 e. The summed E-state index contributed by atoms with van der Waals surface area (Å²) in [4.78, 5) is 17.4. The van der Waals surface area contributed by atoms with Gasteiger partial charge in [0.2, 0.25) is 0 Å². The van der Waals surface area contributed by atoms with Gasteiger partial charge in [-0.25, -0.2) is 0 Å². The summed E-state index contributed by atoms with van der Waals surface area (Å²) in [6.45, 7) is 21.2. The molecular formula is C48H54IrNO3-. The minimum absolute atomic E-state index is 0. The van der Waals surface area contributed by atoms with Crippen molar-refractivity contribution in [3.63, 3.8) is 0 Å². The van der Waals surface area contributed by atoms with Crippen LogP contribution in [-0.4, -0.2) is 15.9 Å². The van der Waals surface area contributed by atoms with Crippen LogP contribution < -0.4 is 0 Å². The number of ketones is 1. The molecule has 1 radical (unpaired) electrons. The summed E-state index contributed by atoms with van der Waals surface area (Å²) in [5.41, 5.74) is 8.14. The van der Waals surface area contributed by atoms with Crippen LogP contribution in [0.3, 0.4) is 0 Å². The Morgan fingerprint density at radius 3 is 2.11 bits per heavy atom. The molecule has 1 aliphatic rings. The van der Waals surface area contributed by atoms with E-state index in [2.05, 4.69) is 107 Å². The van der Waals surface area contributed by atoms with Gasteiger partial charge in [-0.05, 0) is 65.8 Å². The molecule has 2 aromatic heterocycles. The minimum Gasteiger partial charge on any atom is -0.512 e. The predicted molar refractivity (Wildman–Crippen MR) is 218 cm³/mol. The van der Waals surface area contributed by atoms with Gasteiger partial charge in [-0.2, -0.15) is 0 Å². The molecule has 0 unspecified atom stereocenters. The molecule has 1 N–H and O–H groups in total. The van der Waals surface area contributed by atoms with Crippen molar-refractivity contribution in [1.82, 2.24) is 4.98 Å². The Hall–Kier alpha value is -4.05. The van der Waals surface area contributed by atoms with Crippen molar-refractivity contribution in [3.05, 3.63) is 113 Å². The molecular weight excluding hydrogens is 831 g/mol. The Labute approximate surface area is 329 Å². The molecule has 4 aromatic carbocycles. The van der Waals surface area contributed by atoms with Gasteiger partial charge in [0.15, 0.2) is 5.78 Å². The van der Waals surface area contributed by atoms with Crippen molar-refractivity contribution in [2.75, 3.05) is 0 Å². The number of aliphatic hydroxyl groups excluding tert-OH is 1. The zero-order valence-electron chi connectivity index (χ0n) is 33.0. The van der Waals surface area contributed by atoms with Crippen LogP contribution in [0, 0.1) is 16.9 Å². The summed E-state index contributed by atoms with van der Waals surface area (Å²) in [6, 6.07) is 31.5. The number of allylic oxidation sites excluding steroid dienone is 2. The molecule has 7 rings (SSSR count). The number of fused-ring (bicyclic) bond motifs is 8. The SMILES string of the molecule is CC(C)c1ccc2c(-c3[c-]ccc4c3-c3oc5ccccc5c3C4(C)C)nc3ccccc3c2c1.CCC(C)(CC)C(=O)/C=C(\O)C(C)(CC)CC.[Ir]. The summed E-state index contributed by atoms with van der Waals surface area (Å²) in [5, 5.41) is 14.9. The number of hydrogen-bond donors (Lipinski definition) is 1. The van der Waals surface area contributed by atoms with Crippen molar-refractivity contribution in [2.45, 2.75) is 106 Å². The molecule has 5 heteroatoms. The maximum Gasteiger partial charge on any atom is 0.164 e. The van der Waals surface area contributed by atoms with E-state index in [1.807, 2.05) is 47.6 Å². The molecule has 0 fully saturated rings. The Balaban J connectivity index is 0.000000259. The number of carbonyl (C=O) groups excluding carboxylic acids is 1. The number of carbonyl (C=O) groups is 1. The topological polar surface area (TPSA) is 63.3 Å². The summed E-state index contributed by atoms with van der Waals surface area (Å²) >= 11 is 0. The van der Waals surface area contributed by atoms with Crippen molar-refractivity contribution in [1.29, 1.82) is 0 Å². The van der Waals surface area contributed by atoms with Crippen LogP contribution in [0.4, 0.5) is 0 Å². The van der Waals surface area contributed by atoms with Gasteiger partial charge in [0.1, 0.15) is 11.3 Å². The zero-order valence-corrected chi connectivity index (χ0v) is 35.4. The summed E-state index contributed by atoms with van der Waals surface area (Å²) in [7, 11) is 0. The van der Waals surface area contributed by atoms with Crippen LogP contribution in [-0.2, 0) is 30.3 Å². The second-order valence-corrected chi connectivity index (χ2v) is 15.9. The van der Waals surface area contributed by atoms with Crippen molar-refractivity contribution in [3.8, 4) is 22.6 Å². The van der Waals surface area contributed by atoms with Crippen LogP contribution in [0.5, 0.6) is 0 Å². The zero-order chi connectivity index (χ0) is 37.6. The monoisotopic (exact) mass is 885 g/mol. The number of rotatable bonds is 9. The van der Waals surface area contributed by atoms with Crippen LogP contribution in [0.15, 0.2) is 95.1 Å². The first-order valence-corrected chi connectivity index (χ1v) is 19.1. The standard InChI is InChI=1S/C33H26NO.C15H28O2.Ir/c1-19(2)20-16-17-22-25(18-20)21-10-5-7-14-27(21)34-31(22)24-12-9-13-26-29(24)32-30(33(26,3)4)23-11-6-8-15-28(23)35-32;1-7-14(5,8-2)12(16)11-13(17)15(6,9-3)10-4;/h5-11,13-19H,1-4H3;11,16H,7-10H2,1-6H3;/q-1;;/b;12-11-;. The summed E-state index contributed by atoms with van der Waals surface area (Å²) in [6.07, 6.45) is 4.75. The molecule has 1 aliphatic carbocycles. The van der Waals surface area contributed by atoms with Crippen LogP contribution in [0.1, 0.15) is 118 Å². The summed E-state index contributed by atoms with van der Waals surface area (Å²) < 4.78 is 6.54. The van der Waals surface area contributed by atoms with Crippen LogP contribution >= 0.6 is 0 Å². The smallest absolute Gasteiger partial charge is 0.164 e. The van der Waals surface area contributed by atoms with Crippen LogP contribution in [0.25, 0.3) is 55.2 Å². The minimum atomic E-state index is -0.337. The molecule has 6 aromatic rings.